The van der Waals surface area contributed by atoms with Crippen LogP contribution >= 0.6 is 0 Å². The van der Waals surface area contributed by atoms with Crippen LogP contribution in [0.3, 0.4) is 0 Å². The van der Waals surface area contributed by atoms with Gasteiger partial charge in [0.1, 0.15) is 67.1 Å². The van der Waals surface area contributed by atoms with Gasteiger partial charge in [0.25, 0.3) is 0 Å². The number of ether oxygens (including phenoxy) is 5. The largest absolute Gasteiger partial charge is 0.458 e. The van der Waals surface area contributed by atoms with Crippen molar-refractivity contribution in [3.8, 4) is 33.8 Å². The topological polar surface area (TPSA) is 296 Å². The predicted molar refractivity (Wildman–Crippen MR) is 459 cm³/mol. The molecule has 4 N–H and O–H groups in total. The van der Waals surface area contributed by atoms with Crippen molar-refractivity contribution in [2.45, 2.75) is 278 Å². The molecular formula is C92H125N7O16Si2. The molecule has 2 amide bonds. The average Bonchev–Trinajstić information content (AvgIpc) is 1.62. The molecule has 2 aliphatic heterocycles. The van der Waals surface area contributed by atoms with Gasteiger partial charge in [0.2, 0.25) is 17.3 Å². The Morgan fingerprint density at radius 1 is 0.556 bits per heavy atom. The molecule has 117 heavy (non-hydrogen) atoms. The van der Waals surface area contributed by atoms with Crippen LogP contribution in [0.1, 0.15) is 208 Å². The van der Waals surface area contributed by atoms with E-state index in [4.69, 9.17) is 47.1 Å². The zero-order chi connectivity index (χ0) is 84.6. The number of aryl methyl sites for hydroxylation is 2. The van der Waals surface area contributed by atoms with Gasteiger partial charge in [-0.05, 0) is 138 Å². The van der Waals surface area contributed by atoms with Crippen molar-refractivity contribution in [3.05, 3.63) is 165 Å². The molecule has 11 atom stereocenters. The van der Waals surface area contributed by atoms with E-state index in [1.165, 1.54) is 45.9 Å². The Kier molecular flexibility index (Phi) is 29.0. The van der Waals surface area contributed by atoms with Crippen LogP contribution in [-0.4, -0.2) is 128 Å². The van der Waals surface area contributed by atoms with Crippen molar-refractivity contribution in [3.63, 3.8) is 0 Å². The maximum Gasteiger partial charge on any atom is 0.407 e. The Hall–Kier alpha value is -8.70. The number of hydrogen-bond acceptors (Lipinski definition) is 19. The molecule has 2 saturated heterocycles. The summed E-state index contributed by atoms with van der Waals surface area (Å²) < 4.78 is 58.9. The predicted octanol–water partition coefficient (Wildman–Crippen LogP) is 17.9. The smallest absolute Gasteiger partial charge is 0.407 e. The molecule has 6 heterocycles. The molecule has 23 nitrogen and oxygen atoms in total. The van der Waals surface area contributed by atoms with E-state index in [-0.39, 0.29) is 83.6 Å². The number of aromatic nitrogens is 4. The first-order valence-electron chi connectivity index (χ1n) is 42.4. The van der Waals surface area contributed by atoms with Crippen LogP contribution in [0.4, 0.5) is 4.79 Å². The number of furan rings is 2. The lowest BCUT2D eigenvalue weighted by atomic mass is 9.84. The zero-order valence-electron chi connectivity index (χ0n) is 71.9. The summed E-state index contributed by atoms with van der Waals surface area (Å²) in [6.07, 6.45) is 9.47. The molecule has 632 valence electrons. The van der Waals surface area contributed by atoms with Crippen LogP contribution in [0.25, 0.3) is 56.0 Å². The molecule has 12 rings (SSSR count). The molecule has 2 aliphatic carbocycles. The molecule has 7 unspecified atom stereocenters. The number of nitrogens with one attached hydrogen (secondary N) is 2. The summed E-state index contributed by atoms with van der Waals surface area (Å²) in [5.41, 5.74) is 14.2. The quantitative estimate of drug-likeness (QED) is 0.0153. The van der Waals surface area contributed by atoms with Gasteiger partial charge in [-0.25, -0.2) is 19.2 Å². The Morgan fingerprint density at radius 3 is 1.42 bits per heavy atom. The number of carbonyl (C=O) groups excluding carboxylic acids is 5. The van der Waals surface area contributed by atoms with Gasteiger partial charge in [0.15, 0.2) is 22.4 Å². The van der Waals surface area contributed by atoms with Crippen LogP contribution in [-0.2, 0) is 64.6 Å². The minimum absolute atomic E-state index is 0.00255. The van der Waals surface area contributed by atoms with E-state index < -0.39 is 119 Å². The Labute approximate surface area is 691 Å². The molecule has 4 aromatic heterocycles. The second kappa shape index (κ2) is 38.1. The number of esters is 2. The molecule has 8 aromatic rings. The number of Topliss-reactive ketones (excluding diaryl/α,β-unsaturated/α-hetero) is 1. The van der Waals surface area contributed by atoms with Gasteiger partial charge < -0.3 is 57.7 Å². The van der Waals surface area contributed by atoms with E-state index in [2.05, 4.69) is 139 Å². The van der Waals surface area contributed by atoms with E-state index >= 15 is 0 Å². The van der Waals surface area contributed by atoms with Crippen LogP contribution < -0.4 is 27.7 Å². The normalized spacial score (nSPS) is 20.5. The van der Waals surface area contributed by atoms with Crippen molar-refractivity contribution >= 4 is 68.6 Å². The molecular weight excluding hydrogens is 1520 g/mol. The fourth-order valence-corrected chi connectivity index (χ4v) is 17.4. The third-order valence-electron chi connectivity index (χ3n) is 24.9. The standard InChI is InChI=1S/C59H76N4O10Si.C33H49N3O6Si/c1-11-12-13-19-37-26-28-38(29-27-37)47-30-39-32-63(57(67)62-55(39)72-47)50-31-48(49(71-50)34-70-74(9,10)59(6,7)8)73-56(66)52(36(4)5)60-54(65)45-25-18-24-44(45)53(64)51(35(2)3)61-58(68)69-33-46-42-22-16-14-20-40(42)41-21-15-17-23-43(41)46;1-9-10-11-12-22-13-15-23(16-14-22)25-17-24-19-36(32(38)35-30(24)41-25)28-18-26(42-31(37)29(34)21(2)3)27(40-28)20-39-43(7,8)33(4,5)6/h14-17,20-23,26-30,32,35-36,44-46,48-52H,11-13,18-19,24-25,31,33-34H2,1-10H3,(H,60,65)(H,61,68);13-17,19,21,26-29H,9-12,18,20,34H2,1-8H3/t44?,45?,48?,49-,50-,51?,52?;26?,27-,28-,29?/m11/s1. The van der Waals surface area contributed by atoms with Crippen LogP contribution in [0, 0.1) is 29.6 Å². The number of rotatable bonds is 32. The average molecular weight is 1640 g/mol. The van der Waals surface area contributed by atoms with Crippen molar-refractivity contribution in [2.24, 2.45) is 35.3 Å². The number of hydrogen-bond donors (Lipinski definition) is 3. The lowest BCUT2D eigenvalue weighted by Gasteiger charge is -2.37. The van der Waals surface area contributed by atoms with Gasteiger partial charge in [0.05, 0.1) is 30.0 Å². The summed E-state index contributed by atoms with van der Waals surface area (Å²) in [4.78, 5) is 105. The van der Waals surface area contributed by atoms with Crippen LogP contribution in [0.15, 0.2) is 140 Å². The Morgan fingerprint density at radius 2 is 0.991 bits per heavy atom. The summed E-state index contributed by atoms with van der Waals surface area (Å²) in [7, 11) is -4.42. The first kappa shape index (κ1) is 89.1. The summed E-state index contributed by atoms with van der Waals surface area (Å²) >= 11 is 0. The number of carbonyl (C=O) groups is 5. The lowest BCUT2D eigenvalue weighted by molar-refractivity contribution is -0.158. The molecule has 1 saturated carbocycles. The molecule has 0 bridgehead atoms. The van der Waals surface area contributed by atoms with Crippen molar-refractivity contribution in [1.82, 2.24) is 29.7 Å². The highest BCUT2D eigenvalue weighted by Gasteiger charge is 2.48. The van der Waals surface area contributed by atoms with E-state index in [1.54, 1.807) is 12.4 Å². The van der Waals surface area contributed by atoms with Gasteiger partial charge in [-0.15, -0.1) is 0 Å². The fraction of sp³-hybridized carbons (Fsp3) is 0.554. The monoisotopic (exact) mass is 1640 g/mol. The summed E-state index contributed by atoms with van der Waals surface area (Å²) in [5, 5.41) is 7.00. The van der Waals surface area contributed by atoms with Gasteiger partial charge >= 0.3 is 29.4 Å². The van der Waals surface area contributed by atoms with Gasteiger partial charge in [-0.3, -0.25) is 23.5 Å². The Balaban J connectivity index is 0.000000265. The molecule has 4 aromatic carbocycles. The molecule has 3 fully saturated rings. The van der Waals surface area contributed by atoms with Crippen molar-refractivity contribution < 1.29 is 65.3 Å². The number of nitrogens with two attached hydrogens (primary N) is 1. The number of nitrogens with zero attached hydrogens (tertiary/aromatic N) is 4. The van der Waals surface area contributed by atoms with E-state index in [9.17, 15) is 33.6 Å². The fourth-order valence-electron chi connectivity index (χ4n) is 15.3. The molecule has 25 heteroatoms. The van der Waals surface area contributed by atoms with Gasteiger partial charge in [-0.1, -0.05) is 226 Å². The first-order chi connectivity index (χ1) is 55.4. The third kappa shape index (κ3) is 21.3. The first-order valence-corrected chi connectivity index (χ1v) is 48.2. The SMILES string of the molecule is CCCCCc1ccc(-c2cc3cn([C@H]4CC(OC(=O)C(N)C(C)C)[C@@H](CO[Si](C)(C)C(C)(C)C)O4)c(=O)nc3o2)cc1.CCCCCc1ccc(-c2cc3cn([C@H]4CC(OC(=O)C(NC(=O)C5CCCC5C(=O)C(NC(=O)OCC5c6ccccc6-c6ccccc65)C(C)C)C(C)C)[C@@H](CO[Si](C)(C)C(C)(C)C)O4)c(=O)nc3o2)cc1. The second-order valence-electron chi connectivity index (χ2n) is 36.5. The zero-order valence-corrected chi connectivity index (χ0v) is 73.9. The van der Waals surface area contributed by atoms with Crippen LogP contribution in [0.2, 0.25) is 36.3 Å². The maximum absolute atomic E-state index is 14.4. The van der Waals surface area contributed by atoms with Crippen molar-refractivity contribution in [2.75, 3.05) is 19.8 Å². The highest BCUT2D eigenvalue weighted by atomic mass is 28.4. The molecule has 4 aliphatic rings. The highest BCUT2D eigenvalue weighted by molar-refractivity contribution is 6.74. The third-order valence-corrected chi connectivity index (χ3v) is 33.9. The second-order valence-corrected chi connectivity index (χ2v) is 46.1. The van der Waals surface area contributed by atoms with E-state index in [0.29, 0.717) is 41.6 Å². The highest BCUT2D eigenvalue weighted by Crippen LogP contribution is 2.46. The molecule has 0 spiro atoms. The van der Waals surface area contributed by atoms with E-state index in [0.717, 1.165) is 59.1 Å². The number of benzene rings is 4. The summed E-state index contributed by atoms with van der Waals surface area (Å²) in [6, 6.07) is 33.8. The number of unbranched alkanes of at least 4 members (excludes halogenated alkanes) is 4. The van der Waals surface area contributed by atoms with Gasteiger partial charge in [-0.2, -0.15) is 9.97 Å². The minimum atomic E-state index is -2.31. The maximum atomic E-state index is 14.4. The summed E-state index contributed by atoms with van der Waals surface area (Å²) in [6.45, 7) is 37.5. The number of fused-ring (bicyclic) bond motifs is 5. The summed E-state index contributed by atoms with van der Waals surface area (Å²) in [5.74, 6) is -2.88. The van der Waals surface area contributed by atoms with E-state index in [1.807, 2.05) is 114 Å². The number of amides is 2. The van der Waals surface area contributed by atoms with Crippen molar-refractivity contribution in [1.29, 1.82) is 0 Å². The number of alkyl carbamates (subject to hydrolysis) is 1. The van der Waals surface area contributed by atoms with Gasteiger partial charge in [0, 0.05) is 54.1 Å². The van der Waals surface area contributed by atoms with Crippen LogP contribution in [0.5, 0.6) is 0 Å². The number of ketones is 1. The lowest BCUT2D eigenvalue weighted by Crippen LogP contribution is -2.52. The Bertz CT molecular complexity index is 4830. The minimum Gasteiger partial charge on any atom is -0.458 e. The molecule has 0 radical (unpaired) electrons.